The summed E-state index contributed by atoms with van der Waals surface area (Å²) in [6, 6.07) is 5.19. The second-order valence-electron chi connectivity index (χ2n) is 3.10. The summed E-state index contributed by atoms with van der Waals surface area (Å²) in [5.41, 5.74) is 2.10. The lowest BCUT2D eigenvalue weighted by molar-refractivity contribution is 0.0699. The SMILES string of the molecule is Cc1[nH]c2cccc(C(=O)O)c2c1Br. The molecule has 0 saturated heterocycles. The van der Waals surface area contributed by atoms with Crippen LogP contribution in [-0.2, 0) is 0 Å². The molecule has 14 heavy (non-hydrogen) atoms. The van der Waals surface area contributed by atoms with E-state index in [1.165, 1.54) is 0 Å². The molecule has 0 amide bonds. The summed E-state index contributed by atoms with van der Waals surface area (Å²) in [7, 11) is 0. The highest BCUT2D eigenvalue weighted by molar-refractivity contribution is 9.10. The van der Waals surface area contributed by atoms with Crippen molar-refractivity contribution in [3.05, 3.63) is 33.9 Å². The molecule has 0 saturated carbocycles. The number of halogens is 1. The third-order valence-electron chi connectivity index (χ3n) is 2.17. The molecule has 72 valence electrons. The lowest BCUT2D eigenvalue weighted by Gasteiger charge is -1.96. The first-order valence-corrected chi connectivity index (χ1v) is 4.90. The number of aryl methyl sites for hydroxylation is 1. The molecule has 0 spiro atoms. The number of fused-ring (bicyclic) bond motifs is 1. The van der Waals surface area contributed by atoms with Gasteiger partial charge in [-0.3, -0.25) is 0 Å². The molecule has 0 bridgehead atoms. The summed E-state index contributed by atoms with van der Waals surface area (Å²) in [5.74, 6) is -0.907. The Hall–Kier alpha value is -1.29. The summed E-state index contributed by atoms with van der Waals surface area (Å²) in [6.07, 6.45) is 0. The largest absolute Gasteiger partial charge is 0.478 e. The van der Waals surface area contributed by atoms with Crippen LogP contribution < -0.4 is 0 Å². The van der Waals surface area contributed by atoms with Crippen molar-refractivity contribution in [2.45, 2.75) is 6.92 Å². The molecule has 2 aromatic rings. The zero-order valence-corrected chi connectivity index (χ0v) is 9.05. The molecule has 4 heteroatoms. The van der Waals surface area contributed by atoms with E-state index >= 15 is 0 Å². The van der Waals surface area contributed by atoms with Crippen molar-refractivity contribution < 1.29 is 9.90 Å². The maximum absolute atomic E-state index is 10.9. The average Bonchev–Trinajstić information content (AvgIpc) is 2.43. The molecule has 0 unspecified atom stereocenters. The van der Waals surface area contributed by atoms with E-state index in [0.717, 1.165) is 21.1 Å². The smallest absolute Gasteiger partial charge is 0.336 e. The van der Waals surface area contributed by atoms with Gasteiger partial charge in [-0.1, -0.05) is 6.07 Å². The first kappa shape index (κ1) is 9.27. The number of aromatic nitrogens is 1. The van der Waals surface area contributed by atoms with Crippen molar-refractivity contribution >= 4 is 32.8 Å². The molecule has 0 atom stereocenters. The van der Waals surface area contributed by atoms with Gasteiger partial charge in [-0.05, 0) is 35.0 Å². The number of benzene rings is 1. The van der Waals surface area contributed by atoms with E-state index in [1.807, 2.05) is 13.0 Å². The van der Waals surface area contributed by atoms with Gasteiger partial charge in [0.25, 0.3) is 0 Å². The quantitative estimate of drug-likeness (QED) is 0.821. The van der Waals surface area contributed by atoms with Crippen LogP contribution in [0, 0.1) is 6.92 Å². The minimum absolute atomic E-state index is 0.318. The van der Waals surface area contributed by atoms with E-state index in [4.69, 9.17) is 5.11 Å². The third kappa shape index (κ3) is 1.23. The molecule has 1 aromatic heterocycles. The molecule has 0 radical (unpaired) electrons. The van der Waals surface area contributed by atoms with Gasteiger partial charge in [0, 0.05) is 21.1 Å². The van der Waals surface area contributed by atoms with Crippen molar-refractivity contribution in [1.82, 2.24) is 4.98 Å². The van der Waals surface area contributed by atoms with Gasteiger partial charge in [0.05, 0.1) is 5.56 Å². The molecule has 1 heterocycles. The van der Waals surface area contributed by atoms with E-state index in [9.17, 15) is 4.79 Å². The molecule has 0 aliphatic carbocycles. The van der Waals surface area contributed by atoms with Crippen molar-refractivity contribution in [1.29, 1.82) is 0 Å². The van der Waals surface area contributed by atoms with Crippen LogP contribution in [0.1, 0.15) is 16.1 Å². The molecule has 0 aliphatic rings. The predicted octanol–water partition coefficient (Wildman–Crippen LogP) is 2.94. The molecule has 0 aliphatic heterocycles. The molecule has 3 nitrogen and oxygen atoms in total. The van der Waals surface area contributed by atoms with Crippen molar-refractivity contribution in [3.8, 4) is 0 Å². The zero-order chi connectivity index (χ0) is 10.3. The second-order valence-corrected chi connectivity index (χ2v) is 3.89. The number of aromatic carboxylic acids is 1. The van der Waals surface area contributed by atoms with Crippen LogP contribution >= 0.6 is 15.9 Å². The Labute approximate surface area is 88.9 Å². The van der Waals surface area contributed by atoms with Crippen LogP contribution in [0.15, 0.2) is 22.7 Å². The van der Waals surface area contributed by atoms with Gasteiger partial charge in [0.1, 0.15) is 0 Å². The highest BCUT2D eigenvalue weighted by Crippen LogP contribution is 2.30. The van der Waals surface area contributed by atoms with E-state index < -0.39 is 5.97 Å². The molecule has 1 aromatic carbocycles. The number of rotatable bonds is 1. The molecular weight excluding hydrogens is 246 g/mol. The van der Waals surface area contributed by atoms with Crippen molar-refractivity contribution in [2.24, 2.45) is 0 Å². The minimum Gasteiger partial charge on any atom is -0.478 e. The maximum Gasteiger partial charge on any atom is 0.336 e. The summed E-state index contributed by atoms with van der Waals surface area (Å²) >= 11 is 3.38. The minimum atomic E-state index is -0.907. The number of aromatic amines is 1. The fourth-order valence-electron chi connectivity index (χ4n) is 1.52. The van der Waals surface area contributed by atoms with Gasteiger partial charge in [0.2, 0.25) is 0 Å². The van der Waals surface area contributed by atoms with Gasteiger partial charge in [-0.2, -0.15) is 0 Å². The monoisotopic (exact) mass is 253 g/mol. The molecule has 0 fully saturated rings. The number of H-pyrrole nitrogens is 1. The number of carboxylic acids is 1. The van der Waals surface area contributed by atoms with Gasteiger partial charge in [-0.15, -0.1) is 0 Å². The number of hydrogen-bond acceptors (Lipinski definition) is 1. The molecular formula is C10H8BrNO2. The zero-order valence-electron chi connectivity index (χ0n) is 7.47. The fourth-order valence-corrected chi connectivity index (χ4v) is 2.04. The van der Waals surface area contributed by atoms with Gasteiger partial charge < -0.3 is 10.1 Å². The van der Waals surface area contributed by atoms with Crippen LogP contribution in [0.5, 0.6) is 0 Å². The second kappa shape index (κ2) is 3.13. The summed E-state index contributed by atoms with van der Waals surface area (Å²) in [5, 5.41) is 9.72. The average molecular weight is 254 g/mol. The molecule has 2 N–H and O–H groups in total. The van der Waals surface area contributed by atoms with E-state index in [2.05, 4.69) is 20.9 Å². The first-order valence-electron chi connectivity index (χ1n) is 4.11. The van der Waals surface area contributed by atoms with Crippen molar-refractivity contribution in [2.75, 3.05) is 0 Å². The highest BCUT2D eigenvalue weighted by Gasteiger charge is 2.13. The van der Waals surface area contributed by atoms with E-state index in [1.54, 1.807) is 12.1 Å². The van der Waals surface area contributed by atoms with Crippen LogP contribution in [0.3, 0.4) is 0 Å². The standard InChI is InChI=1S/C10H8BrNO2/c1-5-9(11)8-6(10(13)14)3-2-4-7(8)12-5/h2-4,12H,1H3,(H,13,14). The van der Waals surface area contributed by atoms with Gasteiger partial charge in [-0.25, -0.2) is 4.79 Å². The Balaban J connectivity index is 2.91. The summed E-state index contributed by atoms with van der Waals surface area (Å²) in [6.45, 7) is 1.90. The lowest BCUT2D eigenvalue weighted by atomic mass is 10.1. The third-order valence-corrected chi connectivity index (χ3v) is 3.16. The Kier molecular flexibility index (Phi) is 2.07. The van der Waals surface area contributed by atoms with Crippen molar-refractivity contribution in [3.63, 3.8) is 0 Å². The Morgan fingerprint density at radius 1 is 1.50 bits per heavy atom. The summed E-state index contributed by atoms with van der Waals surface area (Å²) in [4.78, 5) is 14.1. The molecule has 2 rings (SSSR count). The number of carboxylic acid groups (broad SMARTS) is 1. The Morgan fingerprint density at radius 2 is 2.21 bits per heavy atom. The van der Waals surface area contributed by atoms with Crippen LogP contribution in [-0.4, -0.2) is 16.1 Å². The predicted molar refractivity (Wildman–Crippen MR) is 57.7 cm³/mol. The number of carbonyl (C=O) groups is 1. The fraction of sp³-hybridized carbons (Fsp3) is 0.100. The van der Waals surface area contributed by atoms with Crippen LogP contribution in [0.25, 0.3) is 10.9 Å². The van der Waals surface area contributed by atoms with Gasteiger partial charge in [0.15, 0.2) is 0 Å². The van der Waals surface area contributed by atoms with E-state index in [-0.39, 0.29) is 0 Å². The van der Waals surface area contributed by atoms with Crippen LogP contribution in [0.2, 0.25) is 0 Å². The van der Waals surface area contributed by atoms with E-state index in [0.29, 0.717) is 5.56 Å². The normalized spacial score (nSPS) is 10.7. The highest BCUT2D eigenvalue weighted by atomic mass is 79.9. The van der Waals surface area contributed by atoms with Gasteiger partial charge >= 0.3 is 5.97 Å². The van der Waals surface area contributed by atoms with Crippen LogP contribution in [0.4, 0.5) is 0 Å². The Bertz CT molecular complexity index is 516. The maximum atomic E-state index is 10.9. The first-order chi connectivity index (χ1) is 6.61. The number of hydrogen-bond donors (Lipinski definition) is 2. The summed E-state index contributed by atoms with van der Waals surface area (Å²) < 4.78 is 0.825. The Morgan fingerprint density at radius 3 is 2.86 bits per heavy atom. The lowest BCUT2D eigenvalue weighted by Crippen LogP contribution is -1.96. The topological polar surface area (TPSA) is 53.1 Å². The number of nitrogens with one attached hydrogen (secondary N) is 1.